The number of amides is 2. The lowest BCUT2D eigenvalue weighted by atomic mass is 10.1. The van der Waals surface area contributed by atoms with Crippen molar-refractivity contribution in [1.82, 2.24) is 5.32 Å². The fourth-order valence-electron chi connectivity index (χ4n) is 2.46. The summed E-state index contributed by atoms with van der Waals surface area (Å²) >= 11 is 2.13. The van der Waals surface area contributed by atoms with Crippen LogP contribution in [0.25, 0.3) is 0 Å². The molecule has 26 heavy (non-hydrogen) atoms. The fraction of sp³-hybridized carbons (Fsp3) is 0.0476. The van der Waals surface area contributed by atoms with Gasteiger partial charge in [-0.2, -0.15) is 0 Å². The van der Waals surface area contributed by atoms with Gasteiger partial charge in [0.2, 0.25) is 0 Å². The third kappa shape index (κ3) is 4.70. The highest BCUT2D eigenvalue weighted by Crippen LogP contribution is 2.16. The predicted octanol–water partition coefficient (Wildman–Crippen LogP) is 4.47. The van der Waals surface area contributed by atoms with Crippen LogP contribution in [0.15, 0.2) is 78.9 Å². The number of anilines is 1. The zero-order valence-electron chi connectivity index (χ0n) is 13.9. The highest BCUT2D eigenvalue weighted by atomic mass is 127. The first-order valence-corrected chi connectivity index (χ1v) is 9.19. The van der Waals surface area contributed by atoms with E-state index < -0.39 is 0 Å². The largest absolute Gasteiger partial charge is 0.348 e. The Morgan fingerprint density at radius 3 is 2.31 bits per heavy atom. The van der Waals surface area contributed by atoms with Crippen LogP contribution < -0.4 is 10.6 Å². The van der Waals surface area contributed by atoms with Crippen LogP contribution in [0.3, 0.4) is 0 Å². The fourth-order valence-corrected chi connectivity index (χ4v) is 3.09. The standard InChI is InChI=1S/C21H17IN2O2/c22-19-12-5-4-11-18(19)21(26)24-17-10-6-9-16(13-17)20(25)23-14-15-7-2-1-3-8-15/h1-13H,14H2,(H,23,25)(H,24,26). The molecular formula is C21H17IN2O2. The lowest BCUT2D eigenvalue weighted by molar-refractivity contribution is 0.0949. The summed E-state index contributed by atoms with van der Waals surface area (Å²) < 4.78 is 0.874. The molecule has 4 nitrogen and oxygen atoms in total. The van der Waals surface area contributed by atoms with Gasteiger partial charge in [0.1, 0.15) is 0 Å². The van der Waals surface area contributed by atoms with Gasteiger partial charge in [0.15, 0.2) is 0 Å². The van der Waals surface area contributed by atoms with Crippen LogP contribution >= 0.6 is 22.6 Å². The Bertz CT molecular complexity index is 926. The van der Waals surface area contributed by atoms with E-state index >= 15 is 0 Å². The average molecular weight is 456 g/mol. The van der Waals surface area contributed by atoms with Crippen LogP contribution in [0, 0.1) is 3.57 Å². The molecule has 0 saturated carbocycles. The molecule has 2 N–H and O–H groups in total. The minimum absolute atomic E-state index is 0.181. The number of halogens is 1. The van der Waals surface area contributed by atoms with E-state index in [1.165, 1.54) is 0 Å². The zero-order valence-corrected chi connectivity index (χ0v) is 16.1. The van der Waals surface area contributed by atoms with Crippen molar-refractivity contribution < 1.29 is 9.59 Å². The SMILES string of the molecule is O=C(NCc1ccccc1)c1cccc(NC(=O)c2ccccc2I)c1. The van der Waals surface area contributed by atoms with E-state index in [4.69, 9.17) is 0 Å². The summed E-state index contributed by atoms with van der Waals surface area (Å²) in [6.07, 6.45) is 0. The highest BCUT2D eigenvalue weighted by Gasteiger charge is 2.11. The Kier molecular flexibility index (Phi) is 6.01. The van der Waals surface area contributed by atoms with Crippen molar-refractivity contribution in [3.8, 4) is 0 Å². The molecule has 0 heterocycles. The molecular weight excluding hydrogens is 439 g/mol. The van der Waals surface area contributed by atoms with Crippen LogP contribution in [0.1, 0.15) is 26.3 Å². The third-order valence-corrected chi connectivity index (χ3v) is 4.74. The summed E-state index contributed by atoms with van der Waals surface area (Å²) in [6.45, 7) is 0.457. The molecule has 0 fully saturated rings. The van der Waals surface area contributed by atoms with Gasteiger partial charge in [-0.15, -0.1) is 0 Å². The highest BCUT2D eigenvalue weighted by molar-refractivity contribution is 14.1. The van der Waals surface area contributed by atoms with Crippen LogP contribution in [0.4, 0.5) is 5.69 Å². The Morgan fingerprint density at radius 2 is 1.54 bits per heavy atom. The van der Waals surface area contributed by atoms with Crippen molar-refractivity contribution in [3.63, 3.8) is 0 Å². The van der Waals surface area contributed by atoms with Crippen molar-refractivity contribution in [2.24, 2.45) is 0 Å². The molecule has 0 atom stereocenters. The van der Waals surface area contributed by atoms with Crippen molar-refractivity contribution in [2.45, 2.75) is 6.54 Å². The number of rotatable bonds is 5. The molecule has 0 aliphatic carbocycles. The van der Waals surface area contributed by atoms with E-state index in [0.29, 0.717) is 23.4 Å². The summed E-state index contributed by atoms with van der Waals surface area (Å²) in [7, 11) is 0. The molecule has 5 heteroatoms. The first-order valence-electron chi connectivity index (χ1n) is 8.11. The van der Waals surface area contributed by atoms with Crippen LogP contribution in [0.2, 0.25) is 0 Å². The molecule has 3 rings (SSSR count). The molecule has 0 aliphatic rings. The minimum Gasteiger partial charge on any atom is -0.348 e. The number of carbonyl (C=O) groups is 2. The molecule has 0 bridgehead atoms. The second kappa shape index (κ2) is 8.62. The maximum Gasteiger partial charge on any atom is 0.256 e. The summed E-state index contributed by atoms with van der Waals surface area (Å²) in [4.78, 5) is 24.8. The van der Waals surface area contributed by atoms with E-state index in [9.17, 15) is 9.59 Å². The predicted molar refractivity (Wildman–Crippen MR) is 111 cm³/mol. The van der Waals surface area contributed by atoms with Gasteiger partial charge in [0.25, 0.3) is 11.8 Å². The van der Waals surface area contributed by atoms with Gasteiger partial charge in [-0.1, -0.05) is 48.5 Å². The van der Waals surface area contributed by atoms with Crippen LogP contribution in [-0.4, -0.2) is 11.8 Å². The molecule has 0 aliphatic heterocycles. The molecule has 0 saturated heterocycles. The van der Waals surface area contributed by atoms with Crippen molar-refractivity contribution in [1.29, 1.82) is 0 Å². The number of benzene rings is 3. The van der Waals surface area contributed by atoms with Crippen molar-refractivity contribution >= 4 is 40.1 Å². The van der Waals surface area contributed by atoms with Gasteiger partial charge >= 0.3 is 0 Å². The Hall–Kier alpha value is -2.67. The maximum absolute atomic E-state index is 12.4. The first kappa shape index (κ1) is 18.1. The molecule has 3 aromatic carbocycles. The molecule has 130 valence electrons. The molecule has 3 aromatic rings. The van der Waals surface area contributed by atoms with Crippen molar-refractivity contribution in [3.05, 3.63) is 99.1 Å². The zero-order chi connectivity index (χ0) is 18.4. The van der Waals surface area contributed by atoms with Gasteiger partial charge in [0, 0.05) is 21.4 Å². The van der Waals surface area contributed by atoms with Gasteiger partial charge in [-0.25, -0.2) is 0 Å². The molecule has 0 spiro atoms. The smallest absolute Gasteiger partial charge is 0.256 e. The summed E-state index contributed by atoms with van der Waals surface area (Å²) in [6, 6.07) is 24.0. The van der Waals surface area contributed by atoms with E-state index in [0.717, 1.165) is 9.13 Å². The monoisotopic (exact) mass is 456 g/mol. The van der Waals surface area contributed by atoms with E-state index in [2.05, 4.69) is 33.2 Å². The second-order valence-corrected chi connectivity index (χ2v) is 6.85. The number of carbonyl (C=O) groups excluding carboxylic acids is 2. The van der Waals surface area contributed by atoms with Gasteiger partial charge in [-0.3, -0.25) is 9.59 Å². The molecule has 0 aromatic heterocycles. The van der Waals surface area contributed by atoms with E-state index in [-0.39, 0.29) is 11.8 Å². The Labute approximate surface area is 165 Å². The first-order chi connectivity index (χ1) is 12.6. The normalized spacial score (nSPS) is 10.2. The quantitative estimate of drug-likeness (QED) is 0.557. The van der Waals surface area contributed by atoms with Gasteiger partial charge in [0.05, 0.1) is 5.56 Å². The van der Waals surface area contributed by atoms with Crippen molar-refractivity contribution in [2.75, 3.05) is 5.32 Å². The minimum atomic E-state index is -0.197. The Morgan fingerprint density at radius 1 is 0.808 bits per heavy atom. The lowest BCUT2D eigenvalue weighted by Crippen LogP contribution is -2.23. The van der Waals surface area contributed by atoms with Crippen LogP contribution in [-0.2, 0) is 6.54 Å². The number of nitrogens with one attached hydrogen (secondary N) is 2. The summed E-state index contributed by atoms with van der Waals surface area (Å²) in [5.74, 6) is -0.379. The maximum atomic E-state index is 12.4. The molecule has 0 unspecified atom stereocenters. The molecule has 0 radical (unpaired) electrons. The lowest BCUT2D eigenvalue weighted by Gasteiger charge is -2.09. The second-order valence-electron chi connectivity index (χ2n) is 5.68. The van der Waals surface area contributed by atoms with Gasteiger partial charge in [-0.05, 0) is 58.5 Å². The topological polar surface area (TPSA) is 58.2 Å². The number of hydrogen-bond acceptors (Lipinski definition) is 2. The van der Waals surface area contributed by atoms with E-state index in [1.54, 1.807) is 30.3 Å². The van der Waals surface area contributed by atoms with Gasteiger partial charge < -0.3 is 10.6 Å². The summed E-state index contributed by atoms with van der Waals surface area (Å²) in [5.41, 5.74) is 2.72. The Balaban J connectivity index is 1.67. The summed E-state index contributed by atoms with van der Waals surface area (Å²) in [5, 5.41) is 5.73. The van der Waals surface area contributed by atoms with Crippen LogP contribution in [0.5, 0.6) is 0 Å². The van der Waals surface area contributed by atoms with E-state index in [1.807, 2.05) is 48.5 Å². The number of hydrogen-bond donors (Lipinski definition) is 2. The molecule has 2 amide bonds. The third-order valence-electron chi connectivity index (χ3n) is 3.80. The average Bonchev–Trinajstić information content (AvgIpc) is 2.67.